The lowest BCUT2D eigenvalue weighted by atomic mass is 10.1. The molecule has 0 unspecified atom stereocenters. The lowest BCUT2D eigenvalue weighted by molar-refractivity contribution is -0.131. The summed E-state index contributed by atoms with van der Waals surface area (Å²) in [6, 6.07) is 4.64. The summed E-state index contributed by atoms with van der Waals surface area (Å²) in [5, 5.41) is 11.4. The van der Waals surface area contributed by atoms with Gasteiger partial charge < -0.3 is 10.4 Å². The third-order valence-electron chi connectivity index (χ3n) is 3.28. The molecule has 21 heavy (non-hydrogen) atoms. The Morgan fingerprint density at radius 1 is 1.43 bits per heavy atom. The number of amides is 1. The van der Waals surface area contributed by atoms with Crippen molar-refractivity contribution in [3.05, 3.63) is 41.2 Å². The molecule has 0 radical (unpaired) electrons. The molecule has 112 valence electrons. The summed E-state index contributed by atoms with van der Waals surface area (Å²) in [6.45, 7) is 2.60. The lowest BCUT2D eigenvalue weighted by Gasteiger charge is -2.19. The standard InChI is InChI=1S/C15H17FN2O3/c16-13-3-1-11(9-12(13)2-4-15(20)21)10-18-7-5-14(19)17-6-8-18/h1-4,9H,5-8,10H2,(H,17,19)(H,20,21). The largest absolute Gasteiger partial charge is 0.478 e. The molecule has 5 nitrogen and oxygen atoms in total. The van der Waals surface area contributed by atoms with E-state index < -0.39 is 11.8 Å². The fraction of sp³-hybridized carbons (Fsp3) is 0.333. The number of nitrogens with zero attached hydrogens (tertiary/aromatic N) is 1. The SMILES string of the molecule is O=C(O)C=Cc1cc(CN2CCNC(=O)CC2)ccc1F. The van der Waals surface area contributed by atoms with Crippen LogP contribution in [0.4, 0.5) is 4.39 Å². The van der Waals surface area contributed by atoms with E-state index in [0.29, 0.717) is 26.1 Å². The van der Waals surface area contributed by atoms with E-state index in [9.17, 15) is 14.0 Å². The second-order valence-corrected chi connectivity index (χ2v) is 4.90. The first-order chi connectivity index (χ1) is 10.0. The molecule has 1 aliphatic heterocycles. The monoisotopic (exact) mass is 292 g/mol. The summed E-state index contributed by atoms with van der Waals surface area (Å²) in [5.74, 6) is -1.53. The molecule has 0 atom stereocenters. The smallest absolute Gasteiger partial charge is 0.328 e. The molecule has 0 bridgehead atoms. The number of benzene rings is 1. The molecule has 0 aliphatic carbocycles. The number of halogens is 1. The van der Waals surface area contributed by atoms with Crippen LogP contribution in [0, 0.1) is 5.82 Å². The number of aliphatic carboxylic acids is 1. The van der Waals surface area contributed by atoms with Gasteiger partial charge in [0.25, 0.3) is 0 Å². The highest BCUT2D eigenvalue weighted by atomic mass is 19.1. The van der Waals surface area contributed by atoms with Crippen LogP contribution in [0.2, 0.25) is 0 Å². The number of nitrogens with one attached hydrogen (secondary N) is 1. The van der Waals surface area contributed by atoms with E-state index >= 15 is 0 Å². The molecule has 0 aromatic heterocycles. The van der Waals surface area contributed by atoms with E-state index in [1.807, 2.05) is 0 Å². The second kappa shape index (κ2) is 6.99. The normalized spacial score (nSPS) is 16.7. The van der Waals surface area contributed by atoms with Gasteiger partial charge in [0.15, 0.2) is 0 Å². The van der Waals surface area contributed by atoms with Crippen molar-refractivity contribution in [3.63, 3.8) is 0 Å². The molecule has 1 saturated heterocycles. The molecular weight excluding hydrogens is 275 g/mol. The maximum atomic E-state index is 13.6. The second-order valence-electron chi connectivity index (χ2n) is 4.90. The van der Waals surface area contributed by atoms with Crippen LogP contribution < -0.4 is 5.32 Å². The van der Waals surface area contributed by atoms with Crippen molar-refractivity contribution in [1.29, 1.82) is 0 Å². The molecule has 1 aromatic rings. The van der Waals surface area contributed by atoms with Gasteiger partial charge in [-0.2, -0.15) is 0 Å². The Labute approximate surface area is 122 Å². The highest BCUT2D eigenvalue weighted by Gasteiger charge is 2.14. The quantitative estimate of drug-likeness (QED) is 0.819. The number of carbonyl (C=O) groups excluding carboxylic acids is 1. The van der Waals surface area contributed by atoms with Gasteiger partial charge in [0.2, 0.25) is 5.91 Å². The average Bonchev–Trinajstić information content (AvgIpc) is 2.64. The molecule has 2 rings (SSSR count). The van der Waals surface area contributed by atoms with Crippen molar-refractivity contribution in [1.82, 2.24) is 10.2 Å². The first-order valence-corrected chi connectivity index (χ1v) is 6.73. The minimum Gasteiger partial charge on any atom is -0.478 e. The molecule has 1 heterocycles. The third kappa shape index (κ3) is 4.68. The summed E-state index contributed by atoms with van der Waals surface area (Å²) in [7, 11) is 0. The minimum atomic E-state index is -1.11. The van der Waals surface area contributed by atoms with Crippen LogP contribution in [0.3, 0.4) is 0 Å². The molecule has 1 aromatic carbocycles. The van der Waals surface area contributed by atoms with Gasteiger partial charge in [0.05, 0.1) is 0 Å². The van der Waals surface area contributed by atoms with E-state index in [-0.39, 0.29) is 11.5 Å². The Kier molecular flexibility index (Phi) is 5.05. The van der Waals surface area contributed by atoms with E-state index in [2.05, 4.69) is 10.2 Å². The van der Waals surface area contributed by atoms with Crippen molar-refractivity contribution in [2.24, 2.45) is 0 Å². The molecule has 0 spiro atoms. The molecule has 2 N–H and O–H groups in total. The van der Waals surface area contributed by atoms with E-state index in [0.717, 1.165) is 18.2 Å². The predicted molar refractivity (Wildman–Crippen MR) is 76.0 cm³/mol. The van der Waals surface area contributed by atoms with Crippen LogP contribution >= 0.6 is 0 Å². The van der Waals surface area contributed by atoms with Crippen LogP contribution in [0.1, 0.15) is 17.5 Å². The molecule has 0 saturated carbocycles. The van der Waals surface area contributed by atoms with Crippen molar-refractivity contribution in [3.8, 4) is 0 Å². The zero-order valence-corrected chi connectivity index (χ0v) is 11.5. The van der Waals surface area contributed by atoms with Crippen LogP contribution in [0.15, 0.2) is 24.3 Å². The third-order valence-corrected chi connectivity index (χ3v) is 3.28. The van der Waals surface area contributed by atoms with Crippen molar-refractivity contribution in [2.45, 2.75) is 13.0 Å². The Hall–Kier alpha value is -2.21. The van der Waals surface area contributed by atoms with Crippen molar-refractivity contribution >= 4 is 18.0 Å². The van der Waals surface area contributed by atoms with Crippen LogP contribution in [0.25, 0.3) is 6.08 Å². The summed E-state index contributed by atoms with van der Waals surface area (Å²) in [6.07, 6.45) is 2.61. The maximum Gasteiger partial charge on any atom is 0.328 e. The predicted octanol–water partition coefficient (Wildman–Crippen LogP) is 1.25. The molecule has 6 heteroatoms. The van der Waals surface area contributed by atoms with Gasteiger partial charge in [-0.15, -0.1) is 0 Å². The lowest BCUT2D eigenvalue weighted by Crippen LogP contribution is -2.28. The highest BCUT2D eigenvalue weighted by molar-refractivity contribution is 5.85. The number of hydrogen-bond acceptors (Lipinski definition) is 3. The molecule has 1 fully saturated rings. The maximum absolute atomic E-state index is 13.6. The Morgan fingerprint density at radius 3 is 3.00 bits per heavy atom. The molecule has 1 aliphatic rings. The molecule has 1 amide bonds. The van der Waals surface area contributed by atoms with Gasteiger partial charge in [0, 0.05) is 44.2 Å². The topological polar surface area (TPSA) is 69.6 Å². The van der Waals surface area contributed by atoms with Crippen LogP contribution in [-0.2, 0) is 16.1 Å². The number of carboxylic acids is 1. The van der Waals surface area contributed by atoms with Crippen molar-refractivity contribution < 1.29 is 19.1 Å². The number of hydrogen-bond donors (Lipinski definition) is 2. The van der Waals surface area contributed by atoms with Crippen molar-refractivity contribution in [2.75, 3.05) is 19.6 Å². The van der Waals surface area contributed by atoms with E-state index in [4.69, 9.17) is 5.11 Å². The fourth-order valence-electron chi connectivity index (χ4n) is 2.21. The van der Waals surface area contributed by atoms with Gasteiger partial charge in [0.1, 0.15) is 5.82 Å². The van der Waals surface area contributed by atoms with Crippen LogP contribution in [0.5, 0.6) is 0 Å². The Morgan fingerprint density at radius 2 is 2.24 bits per heavy atom. The van der Waals surface area contributed by atoms with E-state index in [1.165, 1.54) is 12.1 Å². The van der Waals surface area contributed by atoms with E-state index in [1.54, 1.807) is 12.1 Å². The Bertz CT molecular complexity index is 572. The fourth-order valence-corrected chi connectivity index (χ4v) is 2.21. The summed E-state index contributed by atoms with van der Waals surface area (Å²) in [4.78, 5) is 23.9. The number of carbonyl (C=O) groups is 2. The van der Waals surface area contributed by atoms with Gasteiger partial charge >= 0.3 is 5.97 Å². The summed E-state index contributed by atoms with van der Waals surface area (Å²) in [5.41, 5.74) is 1.13. The Balaban J connectivity index is 2.08. The van der Waals surface area contributed by atoms with Gasteiger partial charge in [-0.1, -0.05) is 6.07 Å². The average molecular weight is 292 g/mol. The number of rotatable bonds is 4. The zero-order valence-electron chi connectivity index (χ0n) is 11.5. The summed E-state index contributed by atoms with van der Waals surface area (Å²) < 4.78 is 13.6. The molecular formula is C15H17FN2O3. The first kappa shape index (κ1) is 15.2. The zero-order chi connectivity index (χ0) is 15.2. The van der Waals surface area contributed by atoms with Gasteiger partial charge in [-0.3, -0.25) is 9.69 Å². The summed E-state index contributed by atoms with van der Waals surface area (Å²) >= 11 is 0. The van der Waals surface area contributed by atoms with Gasteiger partial charge in [-0.05, 0) is 23.8 Å². The number of carboxylic acid groups (broad SMARTS) is 1. The first-order valence-electron chi connectivity index (χ1n) is 6.73. The van der Waals surface area contributed by atoms with Crippen LogP contribution in [-0.4, -0.2) is 41.5 Å². The van der Waals surface area contributed by atoms with Gasteiger partial charge in [-0.25, -0.2) is 9.18 Å². The minimum absolute atomic E-state index is 0.0432. The highest BCUT2D eigenvalue weighted by Crippen LogP contribution is 2.14.